The highest BCUT2D eigenvalue weighted by molar-refractivity contribution is 6.08. The van der Waals surface area contributed by atoms with Crippen molar-refractivity contribution in [2.75, 3.05) is 35.7 Å². The molecule has 0 atom stereocenters. The minimum Gasteiger partial charge on any atom is -0.387 e. The van der Waals surface area contributed by atoms with Gasteiger partial charge in [-0.05, 0) is 37.1 Å². The second-order valence-electron chi connectivity index (χ2n) is 6.05. The van der Waals surface area contributed by atoms with Gasteiger partial charge in [0.05, 0.1) is 16.2 Å². The van der Waals surface area contributed by atoms with E-state index in [1.54, 1.807) is 19.2 Å². The third-order valence-electron chi connectivity index (χ3n) is 4.38. The van der Waals surface area contributed by atoms with E-state index in [4.69, 9.17) is 0 Å². The number of carbonyl (C=O) groups is 1. The number of non-ortho nitro benzene ring substituents is 1. The Bertz CT molecular complexity index is 850. The van der Waals surface area contributed by atoms with Crippen molar-refractivity contribution in [2.45, 2.75) is 12.8 Å². The lowest BCUT2D eigenvalue weighted by Gasteiger charge is -2.19. The van der Waals surface area contributed by atoms with E-state index in [-0.39, 0.29) is 11.3 Å². The van der Waals surface area contributed by atoms with Gasteiger partial charge in [0.1, 0.15) is 5.82 Å². The maximum absolute atomic E-state index is 14.4. The van der Waals surface area contributed by atoms with Gasteiger partial charge in [0.15, 0.2) is 0 Å². The summed E-state index contributed by atoms with van der Waals surface area (Å²) in [6.07, 6.45) is 2.08. The van der Waals surface area contributed by atoms with Gasteiger partial charge >= 0.3 is 0 Å². The molecule has 1 amide bonds. The summed E-state index contributed by atoms with van der Waals surface area (Å²) in [5, 5.41) is 16.4. The number of benzene rings is 2. The maximum atomic E-state index is 14.4. The molecular formula is C18H19FN4O3. The van der Waals surface area contributed by atoms with Crippen LogP contribution in [0, 0.1) is 15.9 Å². The SMILES string of the molecule is CNc1ccc([N+](=O)[O-])cc1C(=O)Nc1ccc(N2CCCC2)c(F)c1. The summed E-state index contributed by atoms with van der Waals surface area (Å²) in [7, 11) is 1.61. The number of nitro groups is 1. The third-order valence-corrected chi connectivity index (χ3v) is 4.38. The number of hydrogen-bond donors (Lipinski definition) is 2. The average Bonchev–Trinajstić information content (AvgIpc) is 3.15. The van der Waals surface area contributed by atoms with Crippen molar-refractivity contribution in [3.8, 4) is 0 Å². The largest absolute Gasteiger partial charge is 0.387 e. The Hall–Kier alpha value is -3.16. The van der Waals surface area contributed by atoms with Crippen LogP contribution in [0.25, 0.3) is 0 Å². The van der Waals surface area contributed by atoms with E-state index in [2.05, 4.69) is 10.6 Å². The van der Waals surface area contributed by atoms with E-state index >= 15 is 0 Å². The molecule has 1 aliphatic heterocycles. The van der Waals surface area contributed by atoms with Crippen LogP contribution in [0.3, 0.4) is 0 Å². The Labute approximate surface area is 150 Å². The molecule has 0 aromatic heterocycles. The monoisotopic (exact) mass is 358 g/mol. The Kier molecular flexibility index (Phi) is 5.01. The topological polar surface area (TPSA) is 87.5 Å². The Morgan fingerprint density at radius 3 is 2.54 bits per heavy atom. The van der Waals surface area contributed by atoms with Gasteiger partial charge in [0.25, 0.3) is 11.6 Å². The number of halogens is 1. The van der Waals surface area contributed by atoms with Crippen LogP contribution in [0.5, 0.6) is 0 Å². The molecule has 136 valence electrons. The molecule has 1 aliphatic rings. The van der Waals surface area contributed by atoms with Crippen LogP contribution < -0.4 is 15.5 Å². The van der Waals surface area contributed by atoms with Gasteiger partial charge in [-0.3, -0.25) is 14.9 Å². The lowest BCUT2D eigenvalue weighted by molar-refractivity contribution is -0.384. The van der Waals surface area contributed by atoms with Crippen LogP contribution in [-0.4, -0.2) is 31.0 Å². The summed E-state index contributed by atoms with van der Waals surface area (Å²) < 4.78 is 14.4. The second kappa shape index (κ2) is 7.38. The van der Waals surface area contributed by atoms with Gasteiger partial charge in [0.2, 0.25) is 0 Å². The van der Waals surface area contributed by atoms with E-state index in [1.807, 2.05) is 4.90 Å². The fourth-order valence-corrected chi connectivity index (χ4v) is 3.05. The van der Waals surface area contributed by atoms with Crippen molar-refractivity contribution in [1.82, 2.24) is 0 Å². The predicted octanol–water partition coefficient (Wildman–Crippen LogP) is 3.63. The fraction of sp³-hybridized carbons (Fsp3) is 0.278. The van der Waals surface area contributed by atoms with Gasteiger partial charge in [-0.1, -0.05) is 0 Å². The number of nitrogens with zero attached hydrogens (tertiary/aromatic N) is 2. The summed E-state index contributed by atoms with van der Waals surface area (Å²) >= 11 is 0. The zero-order valence-electron chi connectivity index (χ0n) is 14.3. The Morgan fingerprint density at radius 2 is 1.92 bits per heavy atom. The molecule has 2 aromatic rings. The number of rotatable bonds is 5. The van der Waals surface area contributed by atoms with Gasteiger partial charge in [-0.25, -0.2) is 4.39 Å². The first-order valence-corrected chi connectivity index (χ1v) is 8.31. The zero-order chi connectivity index (χ0) is 18.7. The molecule has 1 heterocycles. The molecule has 2 N–H and O–H groups in total. The van der Waals surface area contributed by atoms with Crippen molar-refractivity contribution in [3.05, 3.63) is 57.9 Å². The van der Waals surface area contributed by atoms with Crippen LogP contribution in [0.1, 0.15) is 23.2 Å². The number of hydrogen-bond acceptors (Lipinski definition) is 5. The Balaban J connectivity index is 1.82. The molecule has 0 unspecified atom stereocenters. The molecule has 3 rings (SSSR count). The molecule has 0 saturated carbocycles. The number of nitrogens with one attached hydrogen (secondary N) is 2. The van der Waals surface area contributed by atoms with Crippen molar-refractivity contribution < 1.29 is 14.1 Å². The summed E-state index contributed by atoms with van der Waals surface area (Å²) in [5.41, 5.74) is 1.19. The van der Waals surface area contributed by atoms with E-state index in [0.717, 1.165) is 25.9 Å². The highest BCUT2D eigenvalue weighted by Gasteiger charge is 2.19. The summed E-state index contributed by atoms with van der Waals surface area (Å²) in [4.78, 5) is 24.9. The van der Waals surface area contributed by atoms with Gasteiger partial charge < -0.3 is 15.5 Å². The first-order valence-electron chi connectivity index (χ1n) is 8.31. The lowest BCUT2D eigenvalue weighted by atomic mass is 10.1. The standard InChI is InChI=1S/C18H19FN4O3/c1-20-16-6-5-13(23(25)26)11-14(16)18(24)21-12-4-7-17(15(19)10-12)22-8-2-3-9-22/h4-7,10-11,20H,2-3,8-9H2,1H3,(H,21,24). The molecule has 0 aliphatic carbocycles. The fourth-order valence-electron chi connectivity index (χ4n) is 3.05. The second-order valence-corrected chi connectivity index (χ2v) is 6.05. The van der Waals surface area contributed by atoms with E-state index in [1.165, 1.54) is 24.3 Å². The van der Waals surface area contributed by atoms with Crippen LogP contribution in [-0.2, 0) is 0 Å². The van der Waals surface area contributed by atoms with Crippen molar-refractivity contribution >= 4 is 28.7 Å². The lowest BCUT2D eigenvalue weighted by Crippen LogP contribution is -2.19. The normalized spacial score (nSPS) is 13.5. The van der Waals surface area contributed by atoms with Crippen LogP contribution in [0.4, 0.5) is 27.1 Å². The molecule has 8 heteroatoms. The minimum absolute atomic E-state index is 0.116. The van der Waals surface area contributed by atoms with Gasteiger partial charge in [-0.15, -0.1) is 0 Å². The van der Waals surface area contributed by atoms with Crippen molar-refractivity contribution in [3.63, 3.8) is 0 Å². The van der Waals surface area contributed by atoms with Gasteiger partial charge in [0, 0.05) is 43.6 Å². The molecule has 2 aromatic carbocycles. The van der Waals surface area contributed by atoms with Crippen LogP contribution in [0.15, 0.2) is 36.4 Å². The Morgan fingerprint density at radius 1 is 1.19 bits per heavy atom. The molecule has 26 heavy (non-hydrogen) atoms. The maximum Gasteiger partial charge on any atom is 0.270 e. The third kappa shape index (κ3) is 3.58. The molecule has 0 bridgehead atoms. The van der Waals surface area contributed by atoms with Crippen molar-refractivity contribution in [1.29, 1.82) is 0 Å². The van der Waals surface area contributed by atoms with Crippen molar-refractivity contribution in [2.24, 2.45) is 0 Å². The molecule has 1 fully saturated rings. The predicted molar refractivity (Wildman–Crippen MR) is 98.4 cm³/mol. The quantitative estimate of drug-likeness (QED) is 0.629. The molecular weight excluding hydrogens is 339 g/mol. The summed E-state index contributed by atoms with van der Waals surface area (Å²) in [6, 6.07) is 8.50. The highest BCUT2D eigenvalue weighted by Crippen LogP contribution is 2.27. The number of anilines is 3. The molecule has 0 radical (unpaired) electrons. The first-order chi connectivity index (χ1) is 12.5. The number of nitro benzene ring substituents is 1. The average molecular weight is 358 g/mol. The molecule has 7 nitrogen and oxygen atoms in total. The smallest absolute Gasteiger partial charge is 0.270 e. The van der Waals surface area contributed by atoms with Crippen LogP contribution in [0.2, 0.25) is 0 Å². The summed E-state index contributed by atoms with van der Waals surface area (Å²) in [5.74, 6) is -0.955. The van der Waals surface area contributed by atoms with E-state index < -0.39 is 16.6 Å². The molecule has 1 saturated heterocycles. The highest BCUT2D eigenvalue weighted by atomic mass is 19.1. The van der Waals surface area contributed by atoms with Crippen LogP contribution >= 0.6 is 0 Å². The first kappa shape index (κ1) is 17.7. The number of carbonyl (C=O) groups excluding carboxylic acids is 1. The van der Waals surface area contributed by atoms with Gasteiger partial charge in [-0.2, -0.15) is 0 Å². The van der Waals surface area contributed by atoms with E-state index in [0.29, 0.717) is 17.1 Å². The summed E-state index contributed by atoms with van der Waals surface area (Å²) in [6.45, 7) is 1.64. The zero-order valence-corrected chi connectivity index (χ0v) is 14.3. The minimum atomic E-state index is -0.569. The molecule has 0 spiro atoms. The number of amides is 1. The van der Waals surface area contributed by atoms with E-state index in [9.17, 15) is 19.3 Å².